The normalized spacial score (nSPS) is 21.2. The van der Waals surface area contributed by atoms with E-state index in [-0.39, 0.29) is 23.8 Å². The van der Waals surface area contributed by atoms with Crippen LogP contribution < -0.4 is 16.0 Å². The summed E-state index contributed by atoms with van der Waals surface area (Å²) in [7, 11) is 0. The van der Waals surface area contributed by atoms with Gasteiger partial charge < -0.3 is 16.0 Å². The maximum atomic E-state index is 13.6. The predicted octanol–water partition coefficient (Wildman–Crippen LogP) is 4.62. The van der Waals surface area contributed by atoms with Gasteiger partial charge in [0, 0.05) is 23.7 Å². The van der Waals surface area contributed by atoms with E-state index in [2.05, 4.69) is 20.9 Å². The second kappa shape index (κ2) is 10.2. The number of alkyl halides is 1. The van der Waals surface area contributed by atoms with Crippen molar-refractivity contribution in [2.45, 2.75) is 70.2 Å². The third-order valence-corrected chi connectivity index (χ3v) is 7.27. The van der Waals surface area contributed by atoms with E-state index in [1.807, 2.05) is 19.1 Å². The van der Waals surface area contributed by atoms with E-state index in [1.165, 1.54) is 11.3 Å². The van der Waals surface area contributed by atoms with Gasteiger partial charge in [0.15, 0.2) is 0 Å². The second-order valence-electron chi connectivity index (χ2n) is 8.73. The van der Waals surface area contributed by atoms with Gasteiger partial charge in [-0.2, -0.15) is 0 Å². The monoisotopic (exact) mass is 478 g/mol. The van der Waals surface area contributed by atoms with Crippen molar-refractivity contribution in [3.05, 3.63) is 44.9 Å². The molecule has 0 aromatic carbocycles. The van der Waals surface area contributed by atoms with Gasteiger partial charge in [-0.05, 0) is 69.6 Å². The Kier molecular flexibility index (Phi) is 7.30. The number of aryl methyl sites for hydroxylation is 1. The summed E-state index contributed by atoms with van der Waals surface area (Å²) in [5.41, 5.74) is 1.69. The van der Waals surface area contributed by atoms with Gasteiger partial charge in [-0.15, -0.1) is 11.3 Å². The summed E-state index contributed by atoms with van der Waals surface area (Å²) in [6.07, 6.45) is 5.01. The first-order valence-electron chi connectivity index (χ1n) is 11.1. The van der Waals surface area contributed by atoms with Gasteiger partial charge in [-0.25, -0.2) is 4.39 Å². The number of aromatic nitrogens is 1. The van der Waals surface area contributed by atoms with Crippen LogP contribution in [0.1, 0.15) is 58.8 Å². The van der Waals surface area contributed by atoms with Crippen molar-refractivity contribution in [3.8, 4) is 0 Å². The molecule has 2 aromatic heterocycles. The summed E-state index contributed by atoms with van der Waals surface area (Å²) < 4.78 is 13.6. The molecule has 3 atom stereocenters. The van der Waals surface area contributed by atoms with Crippen LogP contribution in [0.4, 0.5) is 10.1 Å². The molecule has 2 unspecified atom stereocenters. The van der Waals surface area contributed by atoms with Crippen molar-refractivity contribution in [2.75, 3.05) is 5.32 Å². The minimum Gasteiger partial charge on any atom is -0.379 e. The number of halogens is 2. The van der Waals surface area contributed by atoms with E-state index >= 15 is 0 Å². The molecule has 0 radical (unpaired) electrons. The molecule has 32 heavy (non-hydrogen) atoms. The topological polar surface area (TPSA) is 83.1 Å². The molecule has 2 saturated carbocycles. The molecule has 0 bridgehead atoms. The maximum Gasteiger partial charge on any atom is 0.262 e. The average Bonchev–Trinajstić information content (AvgIpc) is 3.27. The third-order valence-electron chi connectivity index (χ3n) is 5.98. The summed E-state index contributed by atoms with van der Waals surface area (Å²) in [6.45, 7) is 2.43. The highest BCUT2D eigenvalue weighted by molar-refractivity contribution is 7.14. The number of anilines is 1. The van der Waals surface area contributed by atoms with Gasteiger partial charge in [0.25, 0.3) is 5.91 Å². The Hall–Kier alpha value is -2.19. The number of hydrogen-bond acceptors (Lipinski definition) is 5. The zero-order chi connectivity index (χ0) is 22.7. The summed E-state index contributed by atoms with van der Waals surface area (Å²) >= 11 is 7.39. The molecule has 0 spiro atoms. The van der Waals surface area contributed by atoms with Crippen LogP contribution in [0.15, 0.2) is 24.4 Å². The van der Waals surface area contributed by atoms with E-state index < -0.39 is 12.2 Å². The van der Waals surface area contributed by atoms with E-state index in [4.69, 9.17) is 11.6 Å². The number of pyridine rings is 1. The Morgan fingerprint density at radius 1 is 1.28 bits per heavy atom. The molecule has 2 aliphatic rings. The van der Waals surface area contributed by atoms with Crippen molar-refractivity contribution in [2.24, 2.45) is 5.92 Å². The SMILES string of the molecule is Cc1ncc(Cl)cc1NCc1ccc(C(=O)N[C@@H](CC2CCC(F)C2)C(=O)NC2CC2)s1. The maximum absolute atomic E-state index is 13.6. The van der Waals surface area contributed by atoms with Crippen molar-refractivity contribution in [1.82, 2.24) is 15.6 Å². The highest BCUT2D eigenvalue weighted by Crippen LogP contribution is 2.31. The van der Waals surface area contributed by atoms with Crippen LogP contribution in [0.3, 0.4) is 0 Å². The zero-order valence-electron chi connectivity index (χ0n) is 18.0. The van der Waals surface area contributed by atoms with Gasteiger partial charge in [0.05, 0.1) is 21.3 Å². The van der Waals surface area contributed by atoms with Crippen LogP contribution in [0, 0.1) is 12.8 Å². The minimum absolute atomic E-state index is 0.123. The fourth-order valence-corrected chi connectivity index (χ4v) is 5.02. The predicted molar refractivity (Wildman–Crippen MR) is 125 cm³/mol. The van der Waals surface area contributed by atoms with Gasteiger partial charge in [0.2, 0.25) is 5.91 Å². The number of amides is 2. The molecular weight excluding hydrogens is 451 g/mol. The van der Waals surface area contributed by atoms with Gasteiger partial charge in [-0.1, -0.05) is 11.6 Å². The van der Waals surface area contributed by atoms with E-state index in [1.54, 1.807) is 12.3 Å². The quantitative estimate of drug-likeness (QED) is 0.491. The number of carbonyl (C=O) groups excluding carboxylic acids is 2. The highest BCUT2D eigenvalue weighted by atomic mass is 35.5. The van der Waals surface area contributed by atoms with E-state index in [0.717, 1.165) is 35.5 Å². The summed E-state index contributed by atoms with van der Waals surface area (Å²) in [5, 5.41) is 9.73. The number of rotatable bonds is 9. The Balaban J connectivity index is 1.36. The van der Waals surface area contributed by atoms with Gasteiger partial charge in [0.1, 0.15) is 12.2 Å². The molecule has 2 fully saturated rings. The highest BCUT2D eigenvalue weighted by Gasteiger charge is 2.33. The van der Waals surface area contributed by atoms with Crippen molar-refractivity contribution in [1.29, 1.82) is 0 Å². The largest absolute Gasteiger partial charge is 0.379 e. The van der Waals surface area contributed by atoms with Gasteiger partial charge >= 0.3 is 0 Å². The molecule has 0 aliphatic heterocycles. The second-order valence-corrected chi connectivity index (χ2v) is 10.3. The van der Waals surface area contributed by atoms with Crippen molar-refractivity contribution >= 4 is 40.4 Å². The summed E-state index contributed by atoms with van der Waals surface area (Å²) in [5.74, 6) is -0.309. The van der Waals surface area contributed by atoms with Crippen molar-refractivity contribution in [3.63, 3.8) is 0 Å². The standard InChI is InChI=1S/C23H28ClFN4O2S/c1-13-19(10-15(24)11-26-13)27-12-18-6-7-21(32-18)23(31)29-20(22(30)28-17-4-5-17)9-14-2-3-16(25)8-14/h6-7,10-11,14,16-17,20,27H,2-5,8-9,12H2,1H3,(H,28,30)(H,29,31)/t14?,16?,20-/m0/s1. The first-order valence-corrected chi connectivity index (χ1v) is 12.3. The molecule has 172 valence electrons. The molecule has 0 saturated heterocycles. The average molecular weight is 479 g/mol. The number of nitrogens with zero attached hydrogens (tertiary/aromatic N) is 1. The number of carbonyl (C=O) groups is 2. The Morgan fingerprint density at radius 2 is 2.09 bits per heavy atom. The lowest BCUT2D eigenvalue weighted by atomic mass is 9.97. The summed E-state index contributed by atoms with van der Waals surface area (Å²) in [4.78, 5) is 31.3. The Labute approximate surface area is 196 Å². The van der Waals surface area contributed by atoms with Crippen LogP contribution in [0.25, 0.3) is 0 Å². The lowest BCUT2D eigenvalue weighted by molar-refractivity contribution is -0.123. The molecular formula is C23H28ClFN4O2S. The Morgan fingerprint density at radius 3 is 2.81 bits per heavy atom. The number of thiophene rings is 1. The molecule has 6 nitrogen and oxygen atoms in total. The first-order chi connectivity index (χ1) is 15.4. The zero-order valence-corrected chi connectivity index (χ0v) is 19.6. The molecule has 3 N–H and O–H groups in total. The van der Waals surface area contributed by atoms with E-state index in [0.29, 0.717) is 35.7 Å². The minimum atomic E-state index is -0.798. The van der Waals surface area contributed by atoms with Crippen LogP contribution in [-0.4, -0.2) is 35.1 Å². The molecule has 2 heterocycles. The first kappa shape index (κ1) is 23.0. The number of nitrogens with one attached hydrogen (secondary N) is 3. The van der Waals surface area contributed by atoms with Crippen LogP contribution >= 0.6 is 22.9 Å². The lowest BCUT2D eigenvalue weighted by Gasteiger charge is -2.21. The smallest absolute Gasteiger partial charge is 0.262 e. The molecule has 2 amide bonds. The molecule has 2 aromatic rings. The van der Waals surface area contributed by atoms with Crippen LogP contribution in [0.5, 0.6) is 0 Å². The van der Waals surface area contributed by atoms with Crippen molar-refractivity contribution < 1.29 is 14.0 Å². The van der Waals surface area contributed by atoms with E-state index in [9.17, 15) is 14.0 Å². The van der Waals surface area contributed by atoms with Crippen LogP contribution in [-0.2, 0) is 11.3 Å². The van der Waals surface area contributed by atoms with Crippen LogP contribution in [0.2, 0.25) is 5.02 Å². The lowest BCUT2D eigenvalue weighted by Crippen LogP contribution is -2.48. The van der Waals surface area contributed by atoms with Gasteiger partial charge in [-0.3, -0.25) is 14.6 Å². The third kappa shape index (κ3) is 6.19. The number of hydrogen-bond donors (Lipinski definition) is 3. The fraction of sp³-hybridized carbons (Fsp3) is 0.522. The Bertz CT molecular complexity index is 981. The fourth-order valence-electron chi connectivity index (χ4n) is 4.02. The molecule has 9 heteroatoms. The molecule has 4 rings (SSSR count). The molecule has 2 aliphatic carbocycles. The summed E-state index contributed by atoms with van der Waals surface area (Å²) in [6, 6.07) is 5.05.